The number of ether oxygens (including phenoxy) is 4. The summed E-state index contributed by atoms with van der Waals surface area (Å²) in [6.45, 7) is 15.3. The Balaban J connectivity index is 4.98. The third-order valence-electron chi connectivity index (χ3n) is 4.20. The second-order valence-electron chi connectivity index (χ2n) is 11.9. The zero-order chi connectivity index (χ0) is 28.5. The van der Waals surface area contributed by atoms with Gasteiger partial charge < -0.3 is 39.8 Å². The van der Waals surface area contributed by atoms with Crippen LogP contribution in [0, 0.1) is 5.41 Å². The summed E-state index contributed by atoms with van der Waals surface area (Å²) >= 11 is 0. The van der Waals surface area contributed by atoms with Gasteiger partial charge in [-0.1, -0.05) is 13.8 Å². The Morgan fingerprint density at radius 1 is 0.667 bits per heavy atom. The fraction of sp³-hybridized carbons (Fsp3) is 0.833. The molecule has 0 aromatic rings. The number of carbonyl (C=O) groups is 4. The largest absolute Gasteiger partial charge is 0.464 e. The third-order valence-corrected chi connectivity index (χ3v) is 4.20. The maximum atomic E-state index is 12.6. The fourth-order valence-electron chi connectivity index (χ4n) is 3.21. The molecule has 0 spiro atoms. The van der Waals surface area contributed by atoms with Crippen molar-refractivity contribution < 1.29 is 48.3 Å². The molecule has 0 saturated carbocycles. The maximum Gasteiger partial charge on any atom is 0.408 e. The molecule has 0 heterocycles. The molecule has 210 valence electrons. The van der Waals surface area contributed by atoms with E-state index in [0.717, 1.165) is 0 Å². The molecule has 0 saturated heterocycles. The Bertz CT molecular complexity index is 766. The van der Waals surface area contributed by atoms with Crippen LogP contribution in [0.3, 0.4) is 0 Å². The van der Waals surface area contributed by atoms with Crippen LogP contribution >= 0.6 is 0 Å². The van der Waals surface area contributed by atoms with Gasteiger partial charge in [0.2, 0.25) is 0 Å². The molecule has 0 aromatic carbocycles. The number of hydrogen-bond acceptors (Lipinski definition) is 10. The zero-order valence-corrected chi connectivity index (χ0v) is 23.1. The summed E-state index contributed by atoms with van der Waals surface area (Å²) in [4.78, 5) is 48.8. The number of amides is 2. The van der Waals surface area contributed by atoms with Crippen molar-refractivity contribution in [3.8, 4) is 0 Å². The van der Waals surface area contributed by atoms with Crippen LogP contribution in [0.4, 0.5) is 9.59 Å². The van der Waals surface area contributed by atoms with Gasteiger partial charge in [0.05, 0.1) is 19.8 Å². The van der Waals surface area contributed by atoms with Crippen molar-refractivity contribution in [3.63, 3.8) is 0 Å². The molecule has 2 unspecified atom stereocenters. The number of nitrogens with one attached hydrogen (secondary N) is 2. The van der Waals surface area contributed by atoms with Gasteiger partial charge in [-0.05, 0) is 61.8 Å². The fourth-order valence-corrected chi connectivity index (χ4v) is 3.21. The molecule has 2 amide bonds. The van der Waals surface area contributed by atoms with Gasteiger partial charge in [-0.2, -0.15) is 0 Å². The first-order chi connectivity index (χ1) is 16.1. The molecule has 0 bridgehead atoms. The first-order valence-corrected chi connectivity index (χ1v) is 11.7. The number of esters is 2. The van der Waals surface area contributed by atoms with Gasteiger partial charge in [0.25, 0.3) is 0 Å². The van der Waals surface area contributed by atoms with E-state index in [1.165, 1.54) is 0 Å². The molecular formula is C24H44N2O10. The van der Waals surface area contributed by atoms with Crippen LogP contribution in [-0.4, -0.2) is 83.0 Å². The molecule has 0 aliphatic heterocycles. The van der Waals surface area contributed by atoms with E-state index in [2.05, 4.69) is 10.6 Å². The van der Waals surface area contributed by atoms with Crippen molar-refractivity contribution in [1.29, 1.82) is 0 Å². The third kappa shape index (κ3) is 14.7. The standard InChI is InChI=1S/C24H44N2O10/c1-21(2,3)35-19(31)25-15(11-27)17(29)33-14-23(7,8)13-24(9,10)34-18(30)16(12-28)26-20(32)36-22(4,5)6/h15-16,27-28H,11-14H2,1-10H3,(H,25,31)(H,26,32). The number of aliphatic hydroxyl groups excluding tert-OH is 2. The maximum absolute atomic E-state index is 12.6. The topological polar surface area (TPSA) is 170 Å². The summed E-state index contributed by atoms with van der Waals surface area (Å²) in [5.74, 6) is -1.71. The molecular weight excluding hydrogens is 476 g/mol. The smallest absolute Gasteiger partial charge is 0.408 e. The van der Waals surface area contributed by atoms with Crippen LogP contribution in [0.1, 0.15) is 75.7 Å². The van der Waals surface area contributed by atoms with Crippen molar-refractivity contribution in [3.05, 3.63) is 0 Å². The van der Waals surface area contributed by atoms with Crippen molar-refractivity contribution >= 4 is 24.1 Å². The zero-order valence-electron chi connectivity index (χ0n) is 23.1. The van der Waals surface area contributed by atoms with E-state index >= 15 is 0 Å². The molecule has 12 nitrogen and oxygen atoms in total. The second-order valence-corrected chi connectivity index (χ2v) is 11.9. The number of hydrogen-bond donors (Lipinski definition) is 4. The number of rotatable bonds is 11. The first-order valence-electron chi connectivity index (χ1n) is 11.7. The quantitative estimate of drug-likeness (QED) is 0.233. The van der Waals surface area contributed by atoms with E-state index in [-0.39, 0.29) is 13.0 Å². The van der Waals surface area contributed by atoms with Crippen LogP contribution in [-0.2, 0) is 28.5 Å². The normalized spacial score (nSPS) is 14.2. The van der Waals surface area contributed by atoms with Gasteiger partial charge >= 0.3 is 24.1 Å². The summed E-state index contributed by atoms with van der Waals surface area (Å²) in [6.07, 6.45) is -1.52. The Kier molecular flexibility index (Phi) is 12.1. The van der Waals surface area contributed by atoms with Crippen LogP contribution in [0.2, 0.25) is 0 Å². The van der Waals surface area contributed by atoms with Crippen LogP contribution in [0.5, 0.6) is 0 Å². The lowest BCUT2D eigenvalue weighted by molar-refractivity contribution is -0.165. The molecule has 4 N–H and O–H groups in total. The second kappa shape index (κ2) is 13.1. The van der Waals surface area contributed by atoms with Gasteiger partial charge in [0.1, 0.15) is 16.8 Å². The number of alkyl carbamates (subject to hydrolysis) is 2. The summed E-state index contributed by atoms with van der Waals surface area (Å²) in [5.41, 5.74) is -3.33. The monoisotopic (exact) mass is 520 g/mol. The minimum absolute atomic E-state index is 0.112. The lowest BCUT2D eigenvalue weighted by Gasteiger charge is -2.35. The summed E-state index contributed by atoms with van der Waals surface area (Å²) in [6, 6.07) is -2.64. The van der Waals surface area contributed by atoms with Crippen molar-refractivity contribution in [2.24, 2.45) is 5.41 Å². The highest BCUT2D eigenvalue weighted by Crippen LogP contribution is 2.31. The molecule has 0 aromatic heterocycles. The lowest BCUT2D eigenvalue weighted by atomic mass is 9.82. The van der Waals surface area contributed by atoms with E-state index in [1.807, 2.05) is 0 Å². The molecule has 2 atom stereocenters. The van der Waals surface area contributed by atoms with Gasteiger partial charge in [0, 0.05) is 5.41 Å². The van der Waals surface area contributed by atoms with Crippen LogP contribution in [0.25, 0.3) is 0 Å². The summed E-state index contributed by atoms with van der Waals surface area (Å²) < 4.78 is 21.0. The Labute approximate surface area is 213 Å². The van der Waals surface area contributed by atoms with E-state index in [1.54, 1.807) is 69.2 Å². The van der Waals surface area contributed by atoms with Crippen molar-refractivity contribution in [2.75, 3.05) is 19.8 Å². The van der Waals surface area contributed by atoms with Gasteiger partial charge in [0.15, 0.2) is 12.1 Å². The summed E-state index contributed by atoms with van der Waals surface area (Å²) in [5, 5.41) is 23.5. The van der Waals surface area contributed by atoms with Crippen LogP contribution < -0.4 is 10.6 Å². The number of carbonyl (C=O) groups excluding carboxylic acids is 4. The predicted molar refractivity (Wildman–Crippen MR) is 130 cm³/mol. The molecule has 0 aliphatic carbocycles. The molecule has 0 radical (unpaired) electrons. The summed E-state index contributed by atoms with van der Waals surface area (Å²) in [7, 11) is 0. The van der Waals surface area contributed by atoms with E-state index in [9.17, 15) is 29.4 Å². The van der Waals surface area contributed by atoms with Crippen molar-refractivity contribution in [2.45, 2.75) is 105 Å². The highest BCUT2D eigenvalue weighted by Gasteiger charge is 2.36. The Morgan fingerprint density at radius 3 is 1.42 bits per heavy atom. The van der Waals surface area contributed by atoms with Gasteiger partial charge in [-0.25, -0.2) is 19.2 Å². The highest BCUT2D eigenvalue weighted by atomic mass is 16.6. The minimum Gasteiger partial charge on any atom is -0.464 e. The van der Waals surface area contributed by atoms with E-state index in [0.29, 0.717) is 0 Å². The van der Waals surface area contributed by atoms with Crippen molar-refractivity contribution in [1.82, 2.24) is 10.6 Å². The number of aliphatic hydroxyl groups is 2. The van der Waals surface area contributed by atoms with Gasteiger partial charge in [-0.3, -0.25) is 0 Å². The molecule has 36 heavy (non-hydrogen) atoms. The average Bonchev–Trinajstić information content (AvgIpc) is 2.64. The molecule has 12 heteroatoms. The SMILES string of the molecule is CC(C)(COC(=O)C(CO)NC(=O)OC(C)(C)C)CC(C)(C)OC(=O)C(CO)NC(=O)OC(C)(C)C. The average molecular weight is 521 g/mol. The van der Waals surface area contributed by atoms with E-state index < -0.39 is 71.6 Å². The molecule has 0 aliphatic rings. The van der Waals surface area contributed by atoms with Crippen LogP contribution in [0.15, 0.2) is 0 Å². The molecule has 0 fully saturated rings. The highest BCUT2D eigenvalue weighted by molar-refractivity contribution is 5.82. The minimum atomic E-state index is -1.33. The predicted octanol–water partition coefficient (Wildman–Crippen LogP) is 2.04. The molecule has 0 rings (SSSR count). The Morgan fingerprint density at radius 2 is 1.06 bits per heavy atom. The van der Waals surface area contributed by atoms with Gasteiger partial charge in [-0.15, -0.1) is 0 Å². The first kappa shape index (κ1) is 33.4. The van der Waals surface area contributed by atoms with E-state index in [4.69, 9.17) is 18.9 Å². The lowest BCUT2D eigenvalue weighted by Crippen LogP contribution is -2.49. The Hall–Kier alpha value is -2.60.